The van der Waals surface area contributed by atoms with Gasteiger partial charge in [0.05, 0.1) is 36.8 Å². The zero-order chi connectivity index (χ0) is 41.8. The van der Waals surface area contributed by atoms with Gasteiger partial charge in [0.15, 0.2) is 5.78 Å². The van der Waals surface area contributed by atoms with Gasteiger partial charge in [0.25, 0.3) is 0 Å². The zero-order valence-electron chi connectivity index (χ0n) is 33.2. The van der Waals surface area contributed by atoms with Crippen molar-refractivity contribution >= 4 is 50.1 Å². The van der Waals surface area contributed by atoms with Crippen LogP contribution in [0.5, 0.6) is 11.6 Å². The molecule has 13 nitrogen and oxygen atoms in total. The quantitative estimate of drug-likeness (QED) is 0.116. The molecule has 14 heteroatoms. The summed E-state index contributed by atoms with van der Waals surface area (Å²) in [5, 5.41) is 0.819. The maximum Gasteiger partial charge on any atom is 0.307 e. The van der Waals surface area contributed by atoms with E-state index in [1.54, 1.807) is 76.5 Å². The van der Waals surface area contributed by atoms with Crippen LogP contribution in [0.15, 0.2) is 73.4 Å². The van der Waals surface area contributed by atoms with Crippen LogP contribution in [0.1, 0.15) is 77.7 Å². The predicted molar refractivity (Wildman–Crippen MR) is 215 cm³/mol. The van der Waals surface area contributed by atoms with Crippen molar-refractivity contribution in [2.24, 2.45) is 17.3 Å². The number of allylic oxidation sites excluding steroid dienone is 1. The van der Waals surface area contributed by atoms with Gasteiger partial charge in [-0.25, -0.2) is 13.4 Å². The highest BCUT2D eigenvalue weighted by Crippen LogP contribution is 2.57. The zero-order valence-corrected chi connectivity index (χ0v) is 34.0. The molecule has 2 amide bonds. The number of carbonyl (C=O) groups is 5. The number of Topliss-reactive ketones (excluding diaryl/α,β-unsaturated/α-hetero) is 2. The summed E-state index contributed by atoms with van der Waals surface area (Å²) in [7, 11) is -2.34. The van der Waals surface area contributed by atoms with Crippen LogP contribution in [0.3, 0.4) is 0 Å². The van der Waals surface area contributed by atoms with Crippen LogP contribution in [0.4, 0.5) is 0 Å². The number of carbonyl (C=O) groups excluding carboxylic acids is 5. The Morgan fingerprint density at radius 1 is 1.09 bits per heavy atom. The third-order valence-electron chi connectivity index (χ3n) is 10.7. The highest BCUT2D eigenvalue weighted by Gasteiger charge is 2.61. The number of likely N-dealkylation sites (tertiary alicyclic amines) is 1. The SMILES string of the molecule is C=C[C@@H]1C[C@]1(CC(=O)[C@@H]1C[C@@H](Oc2nccc3cc(OC)ccc23)CN1C(=O)[C@H](CCC(=O)C#Cc1ccccc1)CC(=O)OC(C)(C)C)C(=O)NS(=O)(=O)C1CC1. The molecule has 3 fully saturated rings. The maximum atomic E-state index is 14.7. The third kappa shape index (κ3) is 10.1. The molecule has 2 saturated carbocycles. The molecule has 1 aliphatic heterocycles. The second-order valence-corrected chi connectivity index (χ2v) is 18.2. The number of pyridine rings is 1. The summed E-state index contributed by atoms with van der Waals surface area (Å²) in [6.07, 6.45) is 2.60. The smallest absolute Gasteiger partial charge is 0.307 e. The minimum absolute atomic E-state index is 0.0241. The summed E-state index contributed by atoms with van der Waals surface area (Å²) < 4.78 is 45.1. The normalized spacial score (nSPS) is 21.9. The van der Waals surface area contributed by atoms with Crippen molar-refractivity contribution in [3.8, 4) is 23.5 Å². The number of hydrogen-bond donors (Lipinski definition) is 1. The second kappa shape index (κ2) is 17.1. The number of ether oxygens (including phenoxy) is 3. The Bertz CT molecular complexity index is 2270. The van der Waals surface area contributed by atoms with E-state index >= 15 is 0 Å². The van der Waals surface area contributed by atoms with Crippen molar-refractivity contribution in [1.82, 2.24) is 14.6 Å². The Kier molecular flexibility index (Phi) is 12.4. The summed E-state index contributed by atoms with van der Waals surface area (Å²) in [5.74, 6) is 1.92. The molecule has 0 unspecified atom stereocenters. The lowest BCUT2D eigenvalue weighted by molar-refractivity contribution is -0.159. The van der Waals surface area contributed by atoms with Gasteiger partial charge < -0.3 is 19.1 Å². The minimum atomic E-state index is -3.90. The maximum absolute atomic E-state index is 14.7. The van der Waals surface area contributed by atoms with Crippen molar-refractivity contribution in [3.63, 3.8) is 0 Å². The van der Waals surface area contributed by atoms with Crippen LogP contribution in [0.2, 0.25) is 0 Å². The van der Waals surface area contributed by atoms with Gasteiger partial charge in [-0.1, -0.05) is 30.2 Å². The molecule has 3 aromatic rings. The van der Waals surface area contributed by atoms with Gasteiger partial charge in [0, 0.05) is 42.3 Å². The van der Waals surface area contributed by atoms with Crippen LogP contribution in [-0.4, -0.2) is 84.3 Å². The summed E-state index contributed by atoms with van der Waals surface area (Å²) in [6.45, 7) is 8.84. The number of rotatable bonds is 16. The van der Waals surface area contributed by atoms with Gasteiger partial charge in [-0.15, -0.1) is 6.58 Å². The number of esters is 1. The number of nitrogens with zero attached hydrogens (tertiary/aromatic N) is 2. The van der Waals surface area contributed by atoms with Crippen molar-refractivity contribution in [2.75, 3.05) is 13.7 Å². The summed E-state index contributed by atoms with van der Waals surface area (Å²) in [6, 6.07) is 15.0. The Hall–Kier alpha value is -5.55. The van der Waals surface area contributed by atoms with Crippen molar-refractivity contribution in [2.45, 2.75) is 95.1 Å². The lowest BCUT2D eigenvalue weighted by Gasteiger charge is -2.29. The molecule has 1 aromatic heterocycles. The fourth-order valence-electron chi connectivity index (χ4n) is 7.41. The molecule has 6 rings (SSSR count). The van der Waals surface area contributed by atoms with E-state index in [0.717, 1.165) is 5.39 Å². The minimum Gasteiger partial charge on any atom is -0.497 e. The highest BCUT2D eigenvalue weighted by atomic mass is 32.2. The van der Waals surface area contributed by atoms with Crippen LogP contribution in [0, 0.1) is 29.1 Å². The van der Waals surface area contributed by atoms with E-state index in [1.807, 2.05) is 12.1 Å². The molecule has 58 heavy (non-hydrogen) atoms. The lowest BCUT2D eigenvalue weighted by atomic mass is 9.90. The van der Waals surface area contributed by atoms with Crippen molar-refractivity contribution < 1.29 is 46.6 Å². The first-order valence-corrected chi connectivity index (χ1v) is 21.0. The molecule has 5 atom stereocenters. The molecule has 1 saturated heterocycles. The van der Waals surface area contributed by atoms with Gasteiger partial charge in [0.1, 0.15) is 17.5 Å². The van der Waals surface area contributed by atoms with Crippen LogP contribution in [0.25, 0.3) is 10.8 Å². The summed E-state index contributed by atoms with van der Waals surface area (Å²) in [4.78, 5) is 74.8. The first-order valence-electron chi connectivity index (χ1n) is 19.4. The third-order valence-corrected chi connectivity index (χ3v) is 12.5. The molecule has 3 aliphatic rings. The predicted octanol–water partition coefficient (Wildman–Crippen LogP) is 5.10. The Balaban J connectivity index is 1.28. The van der Waals surface area contributed by atoms with E-state index in [-0.39, 0.29) is 50.9 Å². The number of aromatic nitrogens is 1. The monoisotopic (exact) mass is 811 g/mol. The summed E-state index contributed by atoms with van der Waals surface area (Å²) >= 11 is 0. The second-order valence-electron chi connectivity index (χ2n) is 16.3. The van der Waals surface area contributed by atoms with E-state index in [1.165, 1.54) is 11.0 Å². The van der Waals surface area contributed by atoms with E-state index < -0.39 is 79.6 Å². The number of ketones is 2. The van der Waals surface area contributed by atoms with E-state index in [0.29, 0.717) is 29.5 Å². The number of benzene rings is 2. The molecule has 2 aliphatic carbocycles. The van der Waals surface area contributed by atoms with E-state index in [4.69, 9.17) is 14.2 Å². The fraction of sp³-hybridized carbons (Fsp3) is 0.455. The molecule has 2 heterocycles. The fourth-order valence-corrected chi connectivity index (χ4v) is 8.79. The Morgan fingerprint density at radius 3 is 2.48 bits per heavy atom. The number of methoxy groups -OCH3 is 1. The molecule has 0 radical (unpaired) electrons. The first kappa shape index (κ1) is 42.1. The molecule has 0 bridgehead atoms. The van der Waals surface area contributed by atoms with Crippen LogP contribution < -0.4 is 14.2 Å². The number of fused-ring (bicyclic) bond motifs is 1. The number of sulfonamides is 1. The van der Waals surface area contributed by atoms with Gasteiger partial charge >= 0.3 is 5.97 Å². The van der Waals surface area contributed by atoms with Crippen LogP contribution in [-0.2, 0) is 38.7 Å². The van der Waals surface area contributed by atoms with E-state index in [2.05, 4.69) is 28.1 Å². The molecular formula is C44H49N3O10S. The lowest BCUT2D eigenvalue weighted by Crippen LogP contribution is -2.46. The van der Waals surface area contributed by atoms with Crippen LogP contribution >= 0.6 is 0 Å². The molecule has 306 valence electrons. The average molecular weight is 812 g/mol. The standard InChI is InChI=1S/C44H49N3O10S/c1-6-31-25-44(31,42(52)46-58(53,54)35-17-18-35)26-38(49)37-24-34(56-40-36-19-16-33(55-5)22-29(36)20-21-45-40)27-47(37)41(51)30(23-39(50)57-43(2,3)4)13-15-32(48)14-12-28-10-8-7-9-11-28/h6-11,16,19-22,30-31,34-35,37H,1,13,15,17-18,23-27H2,2-5H3,(H,46,52)/t30-,31-,34-,37+,44-/m1/s1. The van der Waals surface area contributed by atoms with Crippen molar-refractivity contribution in [3.05, 3.63) is 79.0 Å². The number of hydrogen-bond acceptors (Lipinski definition) is 11. The molecule has 1 N–H and O–H groups in total. The molecular weight excluding hydrogens is 763 g/mol. The number of amides is 2. The first-order chi connectivity index (χ1) is 27.5. The Labute approximate surface area is 338 Å². The molecule has 0 spiro atoms. The van der Waals surface area contributed by atoms with Gasteiger partial charge in [-0.05, 0) is 100 Å². The van der Waals surface area contributed by atoms with Gasteiger partial charge in [0.2, 0.25) is 33.5 Å². The average Bonchev–Trinajstić information content (AvgIpc) is 4.11. The van der Waals surface area contributed by atoms with E-state index in [9.17, 15) is 32.4 Å². The largest absolute Gasteiger partial charge is 0.497 e. The number of nitrogens with one attached hydrogen (secondary N) is 1. The summed E-state index contributed by atoms with van der Waals surface area (Å²) in [5.41, 5.74) is -1.56. The van der Waals surface area contributed by atoms with Crippen molar-refractivity contribution in [1.29, 1.82) is 0 Å². The Morgan fingerprint density at radius 2 is 1.83 bits per heavy atom. The van der Waals surface area contributed by atoms with Gasteiger partial charge in [-0.3, -0.25) is 28.7 Å². The van der Waals surface area contributed by atoms with Gasteiger partial charge in [-0.2, -0.15) is 0 Å². The molecule has 2 aromatic carbocycles. The topological polar surface area (TPSA) is 175 Å². The highest BCUT2D eigenvalue weighted by molar-refractivity contribution is 7.90.